The summed E-state index contributed by atoms with van der Waals surface area (Å²) in [4.78, 5) is 23.9. The maximum Gasteiger partial charge on any atom is 0.416 e. The lowest BCUT2D eigenvalue weighted by Crippen LogP contribution is -2.41. The molecule has 0 saturated carbocycles. The Morgan fingerprint density at radius 1 is 1.04 bits per heavy atom. The van der Waals surface area contributed by atoms with Crippen LogP contribution >= 0.6 is 11.6 Å². The van der Waals surface area contributed by atoms with Crippen molar-refractivity contribution in [2.24, 2.45) is 0 Å². The number of furan rings is 1. The van der Waals surface area contributed by atoms with E-state index in [-0.39, 0.29) is 22.1 Å². The van der Waals surface area contributed by atoms with Gasteiger partial charge < -0.3 is 13.9 Å². The van der Waals surface area contributed by atoms with Gasteiger partial charge in [0.15, 0.2) is 0 Å². The zero-order chi connectivity index (χ0) is 20.0. The Kier molecular flexibility index (Phi) is 4.55. The molecule has 5 nitrogen and oxygen atoms in total. The largest absolute Gasteiger partial charge is 0.457 e. The van der Waals surface area contributed by atoms with Gasteiger partial charge in [0, 0.05) is 25.5 Å². The Balaban J connectivity index is 1.94. The van der Waals surface area contributed by atoms with Gasteiger partial charge in [-0.1, -0.05) is 11.6 Å². The lowest BCUT2D eigenvalue weighted by Gasteiger charge is -2.29. The number of cyclic esters (lactones) is 2. The van der Waals surface area contributed by atoms with E-state index in [4.69, 9.17) is 25.5 Å². The average Bonchev–Trinajstić information content (AvgIpc) is 2.97. The summed E-state index contributed by atoms with van der Waals surface area (Å²) in [6, 6.07) is 5.56. The molecule has 0 radical (unpaired) electrons. The Morgan fingerprint density at radius 3 is 2.26 bits per heavy atom. The van der Waals surface area contributed by atoms with Gasteiger partial charge in [-0.3, -0.25) is 0 Å². The highest BCUT2D eigenvalue weighted by atomic mass is 35.5. The Bertz CT molecular complexity index is 934. The highest BCUT2D eigenvalue weighted by Gasteiger charge is 2.39. The predicted molar refractivity (Wildman–Crippen MR) is 88.4 cm³/mol. The maximum atomic E-state index is 12.9. The van der Waals surface area contributed by atoms with Crippen LogP contribution in [0.15, 0.2) is 40.3 Å². The van der Waals surface area contributed by atoms with E-state index in [1.54, 1.807) is 0 Å². The van der Waals surface area contributed by atoms with E-state index < -0.39 is 35.0 Å². The molecule has 0 amide bonds. The summed E-state index contributed by atoms with van der Waals surface area (Å²) in [6.45, 7) is 2.81. The average molecular weight is 401 g/mol. The lowest BCUT2D eigenvalue weighted by atomic mass is 10.1. The highest BCUT2D eigenvalue weighted by Crippen LogP contribution is 2.37. The zero-order valence-electron chi connectivity index (χ0n) is 14.0. The Hall–Kier alpha value is -2.74. The standard InChI is InChI=1S/C18H12ClF3O5/c1-17(2)26-15(23)12(16(24)27-17)8-10-4-6-14(25-10)11-7-9(18(20,21)22)3-5-13(11)19/h3-8H,1-2H3. The van der Waals surface area contributed by atoms with Gasteiger partial charge in [0.25, 0.3) is 5.79 Å². The number of alkyl halides is 3. The van der Waals surface area contributed by atoms with Crippen LogP contribution in [-0.4, -0.2) is 17.7 Å². The van der Waals surface area contributed by atoms with Gasteiger partial charge in [0.05, 0.1) is 10.6 Å². The van der Waals surface area contributed by atoms with E-state index in [0.717, 1.165) is 24.3 Å². The first-order valence-corrected chi connectivity index (χ1v) is 7.99. The van der Waals surface area contributed by atoms with Crippen LogP contribution in [0.25, 0.3) is 17.4 Å². The molecule has 0 atom stereocenters. The van der Waals surface area contributed by atoms with Crippen molar-refractivity contribution in [1.82, 2.24) is 0 Å². The number of benzene rings is 1. The van der Waals surface area contributed by atoms with Gasteiger partial charge in [-0.2, -0.15) is 13.2 Å². The predicted octanol–water partition coefficient (Wildman–Crippen LogP) is 4.84. The van der Waals surface area contributed by atoms with Gasteiger partial charge in [0.1, 0.15) is 17.1 Å². The normalized spacial score (nSPS) is 16.7. The minimum Gasteiger partial charge on any atom is -0.457 e. The van der Waals surface area contributed by atoms with Crippen LogP contribution in [0.5, 0.6) is 0 Å². The number of hydrogen-bond donors (Lipinski definition) is 0. The number of carbonyl (C=O) groups is 2. The number of hydrogen-bond acceptors (Lipinski definition) is 5. The molecule has 27 heavy (non-hydrogen) atoms. The van der Waals surface area contributed by atoms with Crippen molar-refractivity contribution >= 4 is 29.6 Å². The second kappa shape index (κ2) is 6.45. The number of esters is 2. The zero-order valence-corrected chi connectivity index (χ0v) is 14.8. The van der Waals surface area contributed by atoms with E-state index in [2.05, 4.69) is 0 Å². The fraction of sp³-hybridized carbons (Fsp3) is 0.222. The molecular formula is C18H12ClF3O5. The second-order valence-electron chi connectivity index (χ2n) is 6.13. The van der Waals surface area contributed by atoms with Crippen LogP contribution in [0.4, 0.5) is 13.2 Å². The molecular weight excluding hydrogens is 389 g/mol. The molecule has 0 bridgehead atoms. The summed E-state index contributed by atoms with van der Waals surface area (Å²) in [5.41, 5.74) is -1.27. The molecule has 2 aromatic rings. The summed E-state index contributed by atoms with van der Waals surface area (Å²) in [5.74, 6) is -3.10. The molecule has 0 spiro atoms. The molecule has 0 aliphatic carbocycles. The van der Waals surface area contributed by atoms with Crippen molar-refractivity contribution in [3.63, 3.8) is 0 Å². The number of halogens is 4. The van der Waals surface area contributed by atoms with Crippen molar-refractivity contribution in [2.45, 2.75) is 25.8 Å². The van der Waals surface area contributed by atoms with Crippen molar-refractivity contribution in [1.29, 1.82) is 0 Å². The molecule has 0 N–H and O–H groups in total. The second-order valence-corrected chi connectivity index (χ2v) is 6.54. The topological polar surface area (TPSA) is 65.7 Å². The molecule has 142 valence electrons. The van der Waals surface area contributed by atoms with E-state index in [1.807, 2.05) is 0 Å². The van der Waals surface area contributed by atoms with Crippen molar-refractivity contribution in [3.05, 3.63) is 52.3 Å². The monoisotopic (exact) mass is 400 g/mol. The van der Waals surface area contributed by atoms with Crippen molar-refractivity contribution in [2.75, 3.05) is 0 Å². The van der Waals surface area contributed by atoms with Gasteiger partial charge in [-0.05, 0) is 30.3 Å². The Morgan fingerprint density at radius 2 is 1.67 bits per heavy atom. The summed E-state index contributed by atoms with van der Waals surface area (Å²) < 4.78 is 54.0. The van der Waals surface area contributed by atoms with Crippen LogP contribution in [0.1, 0.15) is 25.2 Å². The maximum absolute atomic E-state index is 12.9. The van der Waals surface area contributed by atoms with E-state index in [0.29, 0.717) is 0 Å². The first-order valence-electron chi connectivity index (χ1n) is 7.61. The summed E-state index contributed by atoms with van der Waals surface area (Å²) in [5, 5.41) is 0.0507. The molecule has 1 aliphatic rings. The quantitative estimate of drug-likeness (QED) is 0.410. The van der Waals surface area contributed by atoms with Gasteiger partial charge in [0.2, 0.25) is 0 Å². The number of rotatable bonds is 2. The molecule has 1 aromatic heterocycles. The third-order valence-electron chi connectivity index (χ3n) is 3.59. The van der Waals surface area contributed by atoms with E-state index in [9.17, 15) is 22.8 Å². The SMILES string of the molecule is CC1(C)OC(=O)C(=Cc2ccc(-c3cc(C(F)(F)F)ccc3Cl)o2)C(=O)O1. The van der Waals surface area contributed by atoms with Crippen LogP contribution in [0.3, 0.4) is 0 Å². The van der Waals surface area contributed by atoms with Crippen molar-refractivity contribution < 1.29 is 36.7 Å². The minimum atomic E-state index is -4.54. The first-order chi connectivity index (χ1) is 12.5. The van der Waals surface area contributed by atoms with Gasteiger partial charge >= 0.3 is 18.1 Å². The van der Waals surface area contributed by atoms with E-state index in [1.165, 1.54) is 26.0 Å². The fourth-order valence-electron chi connectivity index (χ4n) is 2.39. The summed E-state index contributed by atoms with van der Waals surface area (Å²) in [7, 11) is 0. The third kappa shape index (κ3) is 4.00. The van der Waals surface area contributed by atoms with Crippen molar-refractivity contribution in [3.8, 4) is 11.3 Å². The summed E-state index contributed by atoms with van der Waals surface area (Å²) in [6.07, 6.45) is -3.45. The molecule has 3 rings (SSSR count). The van der Waals surface area contributed by atoms with Crippen LogP contribution in [-0.2, 0) is 25.2 Å². The number of carbonyl (C=O) groups excluding carboxylic acids is 2. The summed E-state index contributed by atoms with van der Waals surface area (Å²) >= 11 is 5.97. The third-order valence-corrected chi connectivity index (χ3v) is 3.92. The van der Waals surface area contributed by atoms with Crippen LogP contribution < -0.4 is 0 Å². The Labute approximate surface area is 156 Å². The molecule has 1 saturated heterocycles. The van der Waals surface area contributed by atoms with E-state index >= 15 is 0 Å². The highest BCUT2D eigenvalue weighted by molar-refractivity contribution is 6.33. The van der Waals surface area contributed by atoms with Crippen LogP contribution in [0.2, 0.25) is 5.02 Å². The molecule has 1 aromatic carbocycles. The van der Waals surface area contributed by atoms with Crippen LogP contribution in [0, 0.1) is 0 Å². The van der Waals surface area contributed by atoms with Gasteiger partial charge in [-0.25, -0.2) is 9.59 Å². The minimum absolute atomic E-state index is 0.0195. The van der Waals surface area contributed by atoms with Gasteiger partial charge in [-0.15, -0.1) is 0 Å². The fourth-order valence-corrected chi connectivity index (χ4v) is 2.60. The lowest BCUT2D eigenvalue weighted by molar-refractivity contribution is -0.222. The molecule has 9 heteroatoms. The molecule has 2 heterocycles. The number of ether oxygens (including phenoxy) is 2. The molecule has 0 unspecified atom stereocenters. The molecule has 1 aliphatic heterocycles. The smallest absolute Gasteiger partial charge is 0.416 e. The first kappa shape index (κ1) is 19.0. The molecule has 1 fully saturated rings.